The molecule has 0 saturated carbocycles. The van der Waals surface area contributed by atoms with Gasteiger partial charge in [0.1, 0.15) is 5.75 Å². The Hall–Kier alpha value is -2.05. The molecule has 0 spiro atoms. The smallest absolute Gasteiger partial charge is 0.387 e. The summed E-state index contributed by atoms with van der Waals surface area (Å²) >= 11 is 1.65. The van der Waals surface area contributed by atoms with Gasteiger partial charge in [-0.25, -0.2) is 4.98 Å². The van der Waals surface area contributed by atoms with Gasteiger partial charge in [0.2, 0.25) is 0 Å². The molecule has 4 rings (SSSR count). The van der Waals surface area contributed by atoms with E-state index in [-0.39, 0.29) is 11.8 Å². The molecule has 3 nitrogen and oxygen atoms in total. The molecule has 0 amide bonds. The van der Waals surface area contributed by atoms with Crippen molar-refractivity contribution in [3.8, 4) is 5.75 Å². The van der Waals surface area contributed by atoms with Crippen LogP contribution in [0.1, 0.15) is 29.7 Å². The molecule has 0 N–H and O–H groups in total. The van der Waals surface area contributed by atoms with Crippen LogP contribution in [0.25, 0.3) is 10.2 Å². The van der Waals surface area contributed by atoms with Gasteiger partial charge in [-0.1, -0.05) is 12.1 Å². The lowest BCUT2D eigenvalue weighted by Crippen LogP contribution is -2.29. The van der Waals surface area contributed by atoms with E-state index in [4.69, 9.17) is 0 Å². The number of benzene rings is 2. The van der Waals surface area contributed by atoms with E-state index in [2.05, 4.69) is 39.7 Å². The van der Waals surface area contributed by atoms with E-state index >= 15 is 0 Å². The Kier molecular flexibility index (Phi) is 4.87. The van der Waals surface area contributed by atoms with Gasteiger partial charge >= 0.3 is 6.61 Å². The van der Waals surface area contributed by atoms with Crippen molar-refractivity contribution >= 4 is 21.6 Å². The molecule has 0 fully saturated rings. The molecule has 136 valence electrons. The van der Waals surface area contributed by atoms with Crippen LogP contribution in [0, 0.1) is 0 Å². The van der Waals surface area contributed by atoms with Gasteiger partial charge in [0, 0.05) is 19.1 Å². The SMILES string of the molecule is C[C@@H](c1ccc2scnc2c1)N1CCc2ccc(OC(F)F)cc2CC1. The number of fused-ring (bicyclic) bond motifs is 2. The number of thiazole rings is 1. The van der Waals surface area contributed by atoms with E-state index in [1.54, 1.807) is 23.5 Å². The summed E-state index contributed by atoms with van der Waals surface area (Å²) in [4.78, 5) is 6.86. The van der Waals surface area contributed by atoms with E-state index in [9.17, 15) is 8.78 Å². The number of ether oxygens (including phenoxy) is 1. The second-order valence-electron chi connectivity index (χ2n) is 6.60. The highest BCUT2D eigenvalue weighted by Crippen LogP contribution is 2.29. The zero-order valence-corrected chi connectivity index (χ0v) is 15.3. The summed E-state index contributed by atoms with van der Waals surface area (Å²) < 4.78 is 30.6. The van der Waals surface area contributed by atoms with Crippen molar-refractivity contribution in [2.75, 3.05) is 13.1 Å². The minimum Gasteiger partial charge on any atom is -0.435 e. The molecule has 26 heavy (non-hydrogen) atoms. The highest BCUT2D eigenvalue weighted by molar-refractivity contribution is 7.16. The van der Waals surface area contributed by atoms with Crippen LogP contribution >= 0.6 is 11.3 Å². The van der Waals surface area contributed by atoms with Crippen LogP contribution in [0.3, 0.4) is 0 Å². The Labute approximate surface area is 155 Å². The number of aromatic nitrogens is 1. The summed E-state index contributed by atoms with van der Waals surface area (Å²) in [5.74, 6) is 0.245. The fourth-order valence-electron chi connectivity index (χ4n) is 3.63. The zero-order valence-electron chi connectivity index (χ0n) is 14.5. The lowest BCUT2D eigenvalue weighted by atomic mass is 10.0. The van der Waals surface area contributed by atoms with Gasteiger partial charge in [-0.05, 0) is 60.7 Å². The summed E-state index contributed by atoms with van der Waals surface area (Å²) in [5, 5.41) is 0. The second-order valence-corrected chi connectivity index (χ2v) is 7.49. The molecular weight excluding hydrogens is 354 g/mol. The maximum Gasteiger partial charge on any atom is 0.387 e. The fraction of sp³-hybridized carbons (Fsp3) is 0.350. The monoisotopic (exact) mass is 374 g/mol. The minimum atomic E-state index is -2.78. The third-order valence-corrected chi connectivity index (χ3v) is 5.93. The molecule has 0 radical (unpaired) electrons. The molecule has 1 aliphatic rings. The highest BCUT2D eigenvalue weighted by Gasteiger charge is 2.21. The second kappa shape index (κ2) is 7.29. The largest absolute Gasteiger partial charge is 0.435 e. The van der Waals surface area contributed by atoms with Gasteiger partial charge < -0.3 is 4.74 Å². The molecule has 0 bridgehead atoms. The predicted octanol–water partition coefficient (Wildman–Crippen LogP) is 5.06. The van der Waals surface area contributed by atoms with Crippen LogP contribution in [0.5, 0.6) is 5.75 Å². The third kappa shape index (κ3) is 3.57. The highest BCUT2D eigenvalue weighted by atomic mass is 32.1. The van der Waals surface area contributed by atoms with Crippen molar-refractivity contribution in [3.05, 3.63) is 58.6 Å². The molecular formula is C20H20F2N2OS. The molecule has 2 heterocycles. The predicted molar refractivity (Wildman–Crippen MR) is 100 cm³/mol. The molecule has 1 aromatic heterocycles. The summed E-state index contributed by atoms with van der Waals surface area (Å²) in [5.41, 5.74) is 6.51. The van der Waals surface area contributed by atoms with Crippen molar-refractivity contribution in [2.24, 2.45) is 0 Å². The first-order valence-corrected chi connectivity index (χ1v) is 9.62. The van der Waals surface area contributed by atoms with Gasteiger partial charge in [-0.15, -0.1) is 11.3 Å². The van der Waals surface area contributed by atoms with Crippen molar-refractivity contribution in [2.45, 2.75) is 32.4 Å². The van der Waals surface area contributed by atoms with Gasteiger partial charge in [-0.2, -0.15) is 8.78 Å². The van der Waals surface area contributed by atoms with Crippen molar-refractivity contribution in [1.82, 2.24) is 9.88 Å². The molecule has 1 aliphatic heterocycles. The van der Waals surface area contributed by atoms with E-state index in [1.165, 1.54) is 15.8 Å². The molecule has 0 saturated heterocycles. The summed E-state index contributed by atoms with van der Waals surface area (Å²) in [7, 11) is 0. The number of rotatable bonds is 4. The normalized spacial score (nSPS) is 16.5. The molecule has 1 atom stereocenters. The van der Waals surface area contributed by atoms with E-state index in [0.717, 1.165) is 37.0 Å². The number of hydrogen-bond acceptors (Lipinski definition) is 4. The van der Waals surface area contributed by atoms with Gasteiger partial charge in [0.15, 0.2) is 0 Å². The van der Waals surface area contributed by atoms with E-state index < -0.39 is 6.61 Å². The van der Waals surface area contributed by atoms with Crippen LogP contribution in [-0.4, -0.2) is 29.6 Å². The summed E-state index contributed by atoms with van der Waals surface area (Å²) in [6.07, 6.45) is 1.74. The summed E-state index contributed by atoms with van der Waals surface area (Å²) in [6, 6.07) is 12.1. The van der Waals surface area contributed by atoms with Crippen molar-refractivity contribution < 1.29 is 13.5 Å². The molecule has 3 aromatic rings. The third-order valence-electron chi connectivity index (χ3n) is 5.12. The van der Waals surface area contributed by atoms with E-state index in [0.29, 0.717) is 0 Å². The maximum atomic E-state index is 12.4. The zero-order chi connectivity index (χ0) is 18.1. The van der Waals surface area contributed by atoms with Gasteiger partial charge in [0.25, 0.3) is 0 Å². The number of halogens is 2. The lowest BCUT2D eigenvalue weighted by Gasteiger charge is -2.28. The first kappa shape index (κ1) is 17.4. The maximum absolute atomic E-state index is 12.4. The van der Waals surface area contributed by atoms with Gasteiger partial charge in [0.05, 0.1) is 15.7 Å². The molecule has 0 aliphatic carbocycles. The van der Waals surface area contributed by atoms with Crippen molar-refractivity contribution in [1.29, 1.82) is 0 Å². The van der Waals surface area contributed by atoms with Crippen LogP contribution in [0.2, 0.25) is 0 Å². The minimum absolute atomic E-state index is 0.245. The lowest BCUT2D eigenvalue weighted by molar-refractivity contribution is -0.0498. The standard InChI is InChI=1S/C20H20F2N2OS/c1-13(15-3-5-19-18(11-15)23-12-26-19)24-8-6-14-2-4-17(25-20(21)22)10-16(14)7-9-24/h2-5,10-13,20H,6-9H2,1H3/t13-/m0/s1. The van der Waals surface area contributed by atoms with Crippen LogP contribution < -0.4 is 4.74 Å². The average Bonchev–Trinajstić information content (AvgIpc) is 2.99. The van der Waals surface area contributed by atoms with Crippen molar-refractivity contribution in [3.63, 3.8) is 0 Å². The molecule has 0 unspecified atom stereocenters. The summed E-state index contributed by atoms with van der Waals surface area (Å²) in [6.45, 7) is 1.27. The number of alkyl halides is 2. The number of hydrogen-bond donors (Lipinski definition) is 0. The Bertz CT molecular complexity index is 912. The van der Waals surface area contributed by atoms with Gasteiger partial charge in [-0.3, -0.25) is 4.90 Å². The fourth-order valence-corrected chi connectivity index (χ4v) is 4.29. The Morgan fingerprint density at radius 3 is 2.69 bits per heavy atom. The first-order valence-electron chi connectivity index (χ1n) is 8.74. The van der Waals surface area contributed by atoms with Crippen LogP contribution in [0.15, 0.2) is 41.9 Å². The quantitative estimate of drug-likeness (QED) is 0.638. The topological polar surface area (TPSA) is 25.4 Å². The number of nitrogens with zero attached hydrogens (tertiary/aromatic N) is 2. The van der Waals surface area contributed by atoms with Crippen LogP contribution in [-0.2, 0) is 12.8 Å². The molecule has 6 heteroatoms. The average molecular weight is 374 g/mol. The van der Waals surface area contributed by atoms with E-state index in [1.807, 2.05) is 11.6 Å². The first-order chi connectivity index (χ1) is 12.6. The molecule has 2 aromatic carbocycles. The Morgan fingerprint density at radius 1 is 1.08 bits per heavy atom. The van der Waals surface area contributed by atoms with Crippen LogP contribution in [0.4, 0.5) is 8.78 Å². The Morgan fingerprint density at radius 2 is 1.88 bits per heavy atom. The Balaban J connectivity index is 1.50.